The van der Waals surface area contributed by atoms with Crippen LogP contribution in [-0.4, -0.2) is 26.7 Å². The smallest absolute Gasteiger partial charge is 0.198 e. The van der Waals surface area contributed by atoms with E-state index < -0.39 is 23.8 Å². The molecular weight excluding hydrogens is 408 g/mol. The summed E-state index contributed by atoms with van der Waals surface area (Å²) in [6.45, 7) is 1.30. The first-order valence-electron chi connectivity index (χ1n) is 9.82. The Balaban J connectivity index is 2.00. The van der Waals surface area contributed by atoms with Crippen molar-refractivity contribution in [2.45, 2.75) is 59.3 Å². The molecule has 0 bridgehead atoms. The maximum Gasteiger partial charge on any atom is 0.198 e. The largest absolute Gasteiger partial charge is 0.299 e. The van der Waals surface area contributed by atoms with E-state index in [1.165, 1.54) is 31.2 Å². The number of hydrogen-bond donors (Lipinski definition) is 0. The molecule has 0 radical (unpaired) electrons. The minimum absolute atomic E-state index is 0.0149. The van der Waals surface area contributed by atoms with E-state index in [9.17, 15) is 21.6 Å². The summed E-state index contributed by atoms with van der Waals surface area (Å²) in [7, 11) is -8.38. The van der Waals surface area contributed by atoms with Gasteiger partial charge in [0.1, 0.15) is 5.78 Å². The van der Waals surface area contributed by atoms with Gasteiger partial charge in [0.2, 0.25) is 0 Å². The molecule has 156 valence electrons. The van der Waals surface area contributed by atoms with Crippen LogP contribution in [0.4, 0.5) is 0 Å². The number of Topliss-reactive ketones (excluding diaryl/α,β-unsaturated/α-hetero) is 1. The summed E-state index contributed by atoms with van der Waals surface area (Å²) in [5.74, 6) is 0.113. The van der Waals surface area contributed by atoms with Crippen LogP contribution in [0, 0.1) is 5.92 Å². The molecule has 0 aliphatic heterocycles. The molecule has 0 spiro atoms. The molecule has 1 atom stereocenters. The molecule has 7 heteroatoms. The monoisotopic (exact) mass is 434 g/mol. The zero-order chi connectivity index (χ0) is 21.1. The first-order valence-corrected chi connectivity index (χ1v) is 12.8. The van der Waals surface area contributed by atoms with Crippen molar-refractivity contribution < 1.29 is 21.6 Å². The Labute approximate surface area is 173 Å². The average Bonchev–Trinajstić information content (AvgIpc) is 3.13. The minimum Gasteiger partial charge on any atom is -0.299 e. The standard InChI is InChI=1S/C22H26O5S2/c1-22(17-9-11-18-10-8-16-21(18)23,28(24,25)19-12-4-2-5-13-19)29(26,27)20-14-6-3-7-15-20/h2-7,12-15,18H,8-11,16-17H2,1H3. The van der Waals surface area contributed by atoms with Gasteiger partial charge in [0.15, 0.2) is 23.8 Å². The molecular formula is C22H26O5S2. The van der Waals surface area contributed by atoms with Crippen LogP contribution in [0.25, 0.3) is 0 Å². The number of ketones is 1. The lowest BCUT2D eigenvalue weighted by Crippen LogP contribution is -2.43. The summed E-state index contributed by atoms with van der Waals surface area (Å²) in [5, 5.41) is 0. The molecule has 0 heterocycles. The summed E-state index contributed by atoms with van der Waals surface area (Å²) >= 11 is 0. The molecule has 29 heavy (non-hydrogen) atoms. The van der Waals surface area contributed by atoms with E-state index in [0.717, 1.165) is 12.8 Å². The quantitative estimate of drug-likeness (QED) is 0.622. The number of benzene rings is 2. The Morgan fingerprint density at radius 2 is 1.34 bits per heavy atom. The van der Waals surface area contributed by atoms with Crippen LogP contribution in [0.1, 0.15) is 45.4 Å². The molecule has 0 aromatic heterocycles. The van der Waals surface area contributed by atoms with Crippen LogP contribution in [-0.2, 0) is 24.5 Å². The van der Waals surface area contributed by atoms with Gasteiger partial charge >= 0.3 is 0 Å². The van der Waals surface area contributed by atoms with E-state index in [1.54, 1.807) is 36.4 Å². The second-order valence-electron chi connectivity index (χ2n) is 7.71. The van der Waals surface area contributed by atoms with Crippen LogP contribution in [0.3, 0.4) is 0 Å². The fourth-order valence-electron chi connectivity index (χ4n) is 3.97. The van der Waals surface area contributed by atoms with E-state index in [4.69, 9.17) is 0 Å². The van der Waals surface area contributed by atoms with E-state index >= 15 is 0 Å². The van der Waals surface area contributed by atoms with Gasteiger partial charge in [-0.3, -0.25) is 4.79 Å². The lowest BCUT2D eigenvalue weighted by atomic mass is 9.99. The SMILES string of the molecule is CC(CCCC1CCCC1=O)(S(=O)(=O)c1ccccc1)S(=O)(=O)c1ccccc1. The second kappa shape index (κ2) is 8.40. The van der Waals surface area contributed by atoms with Gasteiger partial charge < -0.3 is 0 Å². The lowest BCUT2D eigenvalue weighted by molar-refractivity contribution is -0.120. The predicted molar refractivity (Wildman–Crippen MR) is 112 cm³/mol. The first kappa shape index (κ1) is 21.7. The van der Waals surface area contributed by atoms with Gasteiger partial charge in [0, 0.05) is 12.3 Å². The molecule has 1 aliphatic rings. The van der Waals surface area contributed by atoms with Gasteiger partial charge in [-0.2, -0.15) is 0 Å². The third kappa shape index (κ3) is 4.03. The van der Waals surface area contributed by atoms with Gasteiger partial charge in [-0.1, -0.05) is 42.8 Å². The van der Waals surface area contributed by atoms with Gasteiger partial charge in [-0.05, 0) is 56.9 Å². The summed E-state index contributed by atoms with van der Waals surface area (Å²) in [6, 6.07) is 15.4. The molecule has 1 fully saturated rings. The number of rotatable bonds is 8. The van der Waals surface area contributed by atoms with Gasteiger partial charge in [-0.15, -0.1) is 0 Å². The van der Waals surface area contributed by atoms with E-state index in [2.05, 4.69) is 0 Å². The van der Waals surface area contributed by atoms with Gasteiger partial charge in [0.05, 0.1) is 9.79 Å². The molecule has 2 aromatic rings. The molecule has 0 N–H and O–H groups in total. The van der Waals surface area contributed by atoms with Crippen molar-refractivity contribution in [1.82, 2.24) is 0 Å². The zero-order valence-electron chi connectivity index (χ0n) is 16.5. The highest BCUT2D eigenvalue weighted by Gasteiger charge is 2.51. The Morgan fingerprint density at radius 1 is 0.862 bits per heavy atom. The molecule has 5 nitrogen and oxygen atoms in total. The third-order valence-corrected chi connectivity index (χ3v) is 11.6. The molecule has 1 unspecified atom stereocenters. The third-order valence-electron chi connectivity index (χ3n) is 5.86. The topological polar surface area (TPSA) is 85.3 Å². The molecule has 3 rings (SSSR count). The first-order chi connectivity index (χ1) is 13.7. The molecule has 1 aliphatic carbocycles. The van der Waals surface area contributed by atoms with Crippen molar-refractivity contribution in [1.29, 1.82) is 0 Å². The van der Waals surface area contributed by atoms with E-state index in [0.29, 0.717) is 19.3 Å². The minimum atomic E-state index is -4.19. The fourth-order valence-corrected chi connectivity index (χ4v) is 8.56. The summed E-state index contributed by atoms with van der Waals surface area (Å²) in [6.07, 6.45) is 3.02. The molecule has 0 saturated heterocycles. The Morgan fingerprint density at radius 3 is 1.76 bits per heavy atom. The van der Waals surface area contributed by atoms with Crippen molar-refractivity contribution in [3.05, 3.63) is 60.7 Å². The van der Waals surface area contributed by atoms with E-state index in [1.807, 2.05) is 0 Å². The number of carbonyl (C=O) groups excluding carboxylic acids is 1. The Bertz CT molecular complexity index is 989. The van der Waals surface area contributed by atoms with E-state index in [-0.39, 0.29) is 27.9 Å². The normalized spacial score (nSPS) is 18.1. The highest BCUT2D eigenvalue weighted by atomic mass is 32.3. The van der Waals surface area contributed by atoms with Crippen molar-refractivity contribution in [3.63, 3.8) is 0 Å². The number of carbonyl (C=O) groups is 1. The van der Waals surface area contributed by atoms with Crippen LogP contribution in [0.15, 0.2) is 70.5 Å². The van der Waals surface area contributed by atoms with Crippen molar-refractivity contribution in [2.24, 2.45) is 5.92 Å². The molecule has 1 saturated carbocycles. The summed E-state index contributed by atoms with van der Waals surface area (Å²) < 4.78 is 52.1. The Kier molecular flexibility index (Phi) is 6.29. The van der Waals surface area contributed by atoms with Crippen LogP contribution in [0.5, 0.6) is 0 Å². The van der Waals surface area contributed by atoms with Gasteiger partial charge in [-0.25, -0.2) is 16.8 Å². The highest BCUT2D eigenvalue weighted by Crippen LogP contribution is 2.40. The molecule has 2 aromatic carbocycles. The average molecular weight is 435 g/mol. The highest BCUT2D eigenvalue weighted by molar-refractivity contribution is 8.10. The second-order valence-corrected chi connectivity index (χ2v) is 12.7. The number of sulfone groups is 2. The zero-order valence-corrected chi connectivity index (χ0v) is 18.1. The predicted octanol–water partition coefficient (Wildman–Crippen LogP) is 4.19. The maximum absolute atomic E-state index is 13.5. The maximum atomic E-state index is 13.5. The van der Waals surface area contributed by atoms with Crippen LogP contribution < -0.4 is 0 Å². The van der Waals surface area contributed by atoms with Crippen molar-refractivity contribution in [2.75, 3.05) is 0 Å². The van der Waals surface area contributed by atoms with Crippen molar-refractivity contribution in [3.8, 4) is 0 Å². The number of hydrogen-bond acceptors (Lipinski definition) is 5. The van der Waals surface area contributed by atoms with Crippen LogP contribution in [0.2, 0.25) is 0 Å². The van der Waals surface area contributed by atoms with Crippen LogP contribution >= 0.6 is 0 Å². The van der Waals surface area contributed by atoms with Crippen molar-refractivity contribution >= 4 is 25.5 Å². The van der Waals surface area contributed by atoms with Gasteiger partial charge in [0.25, 0.3) is 0 Å². The lowest BCUT2D eigenvalue weighted by Gasteiger charge is -2.30. The molecule has 0 amide bonds. The summed E-state index contributed by atoms with van der Waals surface area (Å²) in [5.41, 5.74) is 0. The Hall–Kier alpha value is -1.99. The fraction of sp³-hybridized carbons (Fsp3) is 0.409. The summed E-state index contributed by atoms with van der Waals surface area (Å²) in [4.78, 5) is 11.9.